The van der Waals surface area contributed by atoms with Crippen molar-refractivity contribution in [2.24, 2.45) is 0 Å². The lowest BCUT2D eigenvalue weighted by Gasteiger charge is -2.07. The molecule has 0 aliphatic carbocycles. The number of para-hydroxylation sites is 1. The monoisotopic (exact) mass is 207 g/mol. The molecule has 0 aromatic heterocycles. The zero-order valence-corrected chi connectivity index (χ0v) is 8.92. The van der Waals surface area contributed by atoms with Crippen LogP contribution in [0.25, 0.3) is 0 Å². The number of carbonyl (C=O) groups is 1. The quantitative estimate of drug-likeness (QED) is 0.486. The van der Waals surface area contributed by atoms with E-state index in [1.165, 1.54) is 6.92 Å². The predicted octanol–water partition coefficient (Wildman–Crippen LogP) is 0.494. The van der Waals surface area contributed by atoms with Gasteiger partial charge < -0.3 is 16.4 Å². The molecule has 0 radical (unpaired) electrons. The van der Waals surface area contributed by atoms with Crippen LogP contribution in [0.4, 0.5) is 5.69 Å². The molecule has 0 spiro atoms. The fourth-order valence-corrected chi connectivity index (χ4v) is 1.25. The van der Waals surface area contributed by atoms with Crippen molar-refractivity contribution >= 4 is 11.6 Å². The zero-order chi connectivity index (χ0) is 11.1. The van der Waals surface area contributed by atoms with Gasteiger partial charge in [-0.25, -0.2) is 0 Å². The highest BCUT2D eigenvalue weighted by Crippen LogP contribution is 2.09. The topological polar surface area (TPSA) is 67.2 Å². The number of rotatable bonds is 5. The molecule has 1 rings (SSSR count). The van der Waals surface area contributed by atoms with Crippen LogP contribution in [-0.2, 0) is 11.3 Å². The van der Waals surface area contributed by atoms with Crippen molar-refractivity contribution in [1.82, 2.24) is 10.6 Å². The maximum Gasteiger partial charge on any atom is 0.216 e. The van der Waals surface area contributed by atoms with Gasteiger partial charge in [0.1, 0.15) is 0 Å². The molecule has 0 aliphatic rings. The average Bonchev–Trinajstić information content (AvgIpc) is 2.20. The zero-order valence-electron chi connectivity index (χ0n) is 8.92. The molecule has 0 fully saturated rings. The molecule has 4 nitrogen and oxygen atoms in total. The van der Waals surface area contributed by atoms with E-state index in [1.807, 2.05) is 24.3 Å². The minimum absolute atomic E-state index is 0.00368. The Morgan fingerprint density at radius 3 is 2.73 bits per heavy atom. The van der Waals surface area contributed by atoms with E-state index in [0.717, 1.165) is 24.3 Å². The van der Waals surface area contributed by atoms with E-state index in [9.17, 15) is 4.79 Å². The summed E-state index contributed by atoms with van der Waals surface area (Å²) in [5.74, 6) is -0.00368. The molecule has 0 saturated heterocycles. The summed E-state index contributed by atoms with van der Waals surface area (Å²) in [7, 11) is 0. The van der Waals surface area contributed by atoms with Crippen LogP contribution >= 0.6 is 0 Å². The fourth-order valence-electron chi connectivity index (χ4n) is 1.25. The van der Waals surface area contributed by atoms with E-state index >= 15 is 0 Å². The summed E-state index contributed by atoms with van der Waals surface area (Å²) in [6.45, 7) is 3.62. The van der Waals surface area contributed by atoms with Gasteiger partial charge >= 0.3 is 0 Å². The summed E-state index contributed by atoms with van der Waals surface area (Å²) in [5, 5.41) is 5.92. The SMILES string of the molecule is CC(=O)NCCNCc1ccccc1N. The van der Waals surface area contributed by atoms with E-state index in [2.05, 4.69) is 10.6 Å². The lowest BCUT2D eigenvalue weighted by molar-refractivity contribution is -0.118. The third-order valence-corrected chi connectivity index (χ3v) is 2.05. The van der Waals surface area contributed by atoms with Crippen molar-refractivity contribution in [2.45, 2.75) is 13.5 Å². The molecule has 15 heavy (non-hydrogen) atoms. The number of anilines is 1. The molecule has 82 valence electrons. The van der Waals surface area contributed by atoms with E-state index in [4.69, 9.17) is 5.73 Å². The first-order valence-electron chi connectivity index (χ1n) is 4.98. The van der Waals surface area contributed by atoms with Gasteiger partial charge in [-0.05, 0) is 11.6 Å². The fraction of sp³-hybridized carbons (Fsp3) is 0.364. The molecular weight excluding hydrogens is 190 g/mol. The first-order valence-corrected chi connectivity index (χ1v) is 4.98. The maximum atomic E-state index is 10.6. The summed E-state index contributed by atoms with van der Waals surface area (Å²) in [4.78, 5) is 10.6. The van der Waals surface area contributed by atoms with Gasteiger partial charge in [-0.2, -0.15) is 0 Å². The van der Waals surface area contributed by atoms with Crippen molar-refractivity contribution in [1.29, 1.82) is 0 Å². The first kappa shape index (κ1) is 11.5. The summed E-state index contributed by atoms with van der Waals surface area (Å²) < 4.78 is 0. The average molecular weight is 207 g/mol. The standard InChI is InChI=1S/C11H17N3O/c1-9(15)14-7-6-13-8-10-4-2-3-5-11(10)12/h2-5,13H,6-8,12H2,1H3,(H,14,15). The van der Waals surface area contributed by atoms with Crippen molar-refractivity contribution in [3.63, 3.8) is 0 Å². The summed E-state index contributed by atoms with van der Waals surface area (Å²) in [6, 6.07) is 7.74. The van der Waals surface area contributed by atoms with Gasteiger partial charge in [0.05, 0.1) is 0 Å². The van der Waals surface area contributed by atoms with Gasteiger partial charge in [-0.1, -0.05) is 18.2 Å². The molecule has 0 aliphatic heterocycles. The lowest BCUT2D eigenvalue weighted by Crippen LogP contribution is -2.30. The maximum absolute atomic E-state index is 10.6. The Bertz CT molecular complexity index is 325. The number of nitrogen functional groups attached to an aromatic ring is 1. The highest BCUT2D eigenvalue weighted by molar-refractivity contribution is 5.72. The number of nitrogens with two attached hydrogens (primary N) is 1. The molecule has 4 N–H and O–H groups in total. The van der Waals surface area contributed by atoms with Crippen LogP contribution in [0.3, 0.4) is 0 Å². The molecule has 1 amide bonds. The van der Waals surface area contributed by atoms with Crippen molar-refractivity contribution in [3.05, 3.63) is 29.8 Å². The number of carbonyl (C=O) groups excluding carboxylic acids is 1. The van der Waals surface area contributed by atoms with Gasteiger partial charge in [0.2, 0.25) is 5.91 Å². The molecule has 1 aromatic carbocycles. The van der Waals surface area contributed by atoms with Gasteiger partial charge in [0.25, 0.3) is 0 Å². The smallest absolute Gasteiger partial charge is 0.216 e. The molecule has 0 atom stereocenters. The van der Waals surface area contributed by atoms with E-state index in [1.54, 1.807) is 0 Å². The van der Waals surface area contributed by atoms with Crippen LogP contribution in [0.2, 0.25) is 0 Å². The predicted molar refractivity (Wildman–Crippen MR) is 61.2 cm³/mol. The highest BCUT2D eigenvalue weighted by atomic mass is 16.1. The molecule has 1 aromatic rings. The van der Waals surface area contributed by atoms with E-state index < -0.39 is 0 Å². The van der Waals surface area contributed by atoms with Crippen LogP contribution in [0.15, 0.2) is 24.3 Å². The van der Waals surface area contributed by atoms with Crippen LogP contribution in [0, 0.1) is 0 Å². The Hall–Kier alpha value is -1.55. The second kappa shape index (κ2) is 6.03. The minimum atomic E-state index is -0.00368. The van der Waals surface area contributed by atoms with Crippen LogP contribution in [0.5, 0.6) is 0 Å². The van der Waals surface area contributed by atoms with Gasteiger partial charge in [-0.15, -0.1) is 0 Å². The van der Waals surface area contributed by atoms with Crippen LogP contribution in [-0.4, -0.2) is 19.0 Å². The molecule has 0 bridgehead atoms. The molecule has 0 unspecified atom stereocenters. The first-order chi connectivity index (χ1) is 7.20. The molecule has 4 heteroatoms. The van der Waals surface area contributed by atoms with Crippen LogP contribution in [0.1, 0.15) is 12.5 Å². The Labute approximate surface area is 89.9 Å². The summed E-state index contributed by atoms with van der Waals surface area (Å²) in [5.41, 5.74) is 7.65. The Morgan fingerprint density at radius 1 is 1.33 bits per heavy atom. The molecular formula is C11H17N3O. The summed E-state index contributed by atoms with van der Waals surface area (Å²) >= 11 is 0. The minimum Gasteiger partial charge on any atom is -0.398 e. The number of nitrogens with one attached hydrogen (secondary N) is 2. The van der Waals surface area contributed by atoms with Crippen molar-refractivity contribution < 1.29 is 4.79 Å². The number of amides is 1. The third-order valence-electron chi connectivity index (χ3n) is 2.05. The number of benzene rings is 1. The normalized spacial score (nSPS) is 9.93. The summed E-state index contributed by atoms with van der Waals surface area (Å²) in [6.07, 6.45) is 0. The Balaban J connectivity index is 2.21. The largest absolute Gasteiger partial charge is 0.398 e. The molecule has 0 heterocycles. The number of hydrogen-bond acceptors (Lipinski definition) is 3. The number of hydrogen-bond donors (Lipinski definition) is 3. The second-order valence-corrected chi connectivity index (χ2v) is 3.36. The van der Waals surface area contributed by atoms with E-state index in [-0.39, 0.29) is 5.91 Å². The lowest BCUT2D eigenvalue weighted by atomic mass is 10.2. The van der Waals surface area contributed by atoms with Gasteiger partial charge in [0.15, 0.2) is 0 Å². The second-order valence-electron chi connectivity index (χ2n) is 3.36. The van der Waals surface area contributed by atoms with Crippen molar-refractivity contribution in [2.75, 3.05) is 18.8 Å². The Morgan fingerprint density at radius 2 is 2.07 bits per heavy atom. The van der Waals surface area contributed by atoms with Gasteiger partial charge in [-0.3, -0.25) is 4.79 Å². The van der Waals surface area contributed by atoms with E-state index in [0.29, 0.717) is 6.54 Å². The van der Waals surface area contributed by atoms with Gasteiger partial charge in [0, 0.05) is 32.2 Å². The third kappa shape index (κ3) is 4.46. The molecule has 0 saturated carbocycles. The van der Waals surface area contributed by atoms with Crippen molar-refractivity contribution in [3.8, 4) is 0 Å². The highest BCUT2D eigenvalue weighted by Gasteiger charge is 1.96. The van der Waals surface area contributed by atoms with Crippen LogP contribution < -0.4 is 16.4 Å². The Kier molecular flexibility index (Phi) is 4.63.